The predicted molar refractivity (Wildman–Crippen MR) is 278 cm³/mol. The van der Waals surface area contributed by atoms with E-state index in [-0.39, 0.29) is 16.2 Å². The van der Waals surface area contributed by atoms with E-state index in [0.717, 1.165) is 6.32 Å². The van der Waals surface area contributed by atoms with E-state index < -0.39 is 6.15 Å². The van der Waals surface area contributed by atoms with Gasteiger partial charge in [-0.15, -0.1) is 0 Å². The molecule has 3 aromatic carbocycles. The topological polar surface area (TPSA) is 0 Å². The van der Waals surface area contributed by atoms with Crippen molar-refractivity contribution in [1.29, 1.82) is 0 Å². The first kappa shape index (κ1) is 54.1. The number of nitrogens with zero attached hydrogens (tertiary/aromatic N) is 1. The Kier molecular flexibility index (Phi) is 25.1. The molecule has 2 radical (unpaired) electrons. The number of unbranched alkanes of at least 4 members (excludes halogenated alkanes) is 5. The first-order valence-corrected chi connectivity index (χ1v) is 25.5. The molecule has 7 heteroatoms. The first-order valence-electron chi connectivity index (χ1n) is 23.0. The molecular weight excluding hydrogens is 740 g/mol. The van der Waals surface area contributed by atoms with Gasteiger partial charge in [-0.2, -0.15) is 49.3 Å². The summed E-state index contributed by atoms with van der Waals surface area (Å²) in [6, 6.07) is 28.7. The minimum Gasteiger partial charge on any atom is -0.324 e. The zero-order valence-corrected chi connectivity index (χ0v) is 43.2. The summed E-state index contributed by atoms with van der Waals surface area (Å²) in [7, 11) is 10.9. The van der Waals surface area contributed by atoms with Gasteiger partial charge in [-0.05, 0) is 58.6 Å². The van der Waals surface area contributed by atoms with Crippen LogP contribution in [-0.4, -0.2) is 50.2 Å². The zero-order chi connectivity index (χ0) is 43.3. The lowest BCUT2D eigenvalue weighted by molar-refractivity contribution is -0.929. The molecule has 1 nitrogen and oxygen atoms in total. The molecule has 3 atom stereocenters. The van der Waals surface area contributed by atoms with Crippen LogP contribution in [0.1, 0.15) is 178 Å². The van der Waals surface area contributed by atoms with Gasteiger partial charge >= 0.3 is 0 Å². The Hall–Kier alpha value is -0.895. The lowest BCUT2D eigenvalue weighted by Gasteiger charge is -2.44. The summed E-state index contributed by atoms with van der Waals surface area (Å²) < 4.78 is 1.42. The fourth-order valence-corrected chi connectivity index (χ4v) is 8.17. The van der Waals surface area contributed by atoms with E-state index in [1.165, 1.54) is 128 Å². The van der Waals surface area contributed by atoms with E-state index in [9.17, 15) is 0 Å². The van der Waals surface area contributed by atoms with Crippen molar-refractivity contribution in [2.75, 3.05) is 26.2 Å². The average Bonchev–Trinajstić information content (AvgIpc) is 3.17. The molecule has 0 aromatic heterocycles. The van der Waals surface area contributed by atoms with E-state index in [1.807, 2.05) is 0 Å². The van der Waals surface area contributed by atoms with Gasteiger partial charge in [-0.25, -0.2) is 0 Å². The molecule has 0 aliphatic rings. The molecule has 0 bridgehead atoms. The van der Waals surface area contributed by atoms with Crippen molar-refractivity contribution in [1.82, 2.24) is 0 Å². The molecular formula is C50H89B3NP3. The van der Waals surface area contributed by atoms with Gasteiger partial charge in [-0.3, -0.25) is 0 Å². The van der Waals surface area contributed by atoms with Crippen molar-refractivity contribution in [3.05, 3.63) is 89.5 Å². The fraction of sp³-hybridized carbons (Fsp3) is 0.640. The van der Waals surface area contributed by atoms with Crippen LogP contribution in [0, 0.1) is 0 Å². The minimum atomic E-state index is -1.08. The number of rotatable bonds is 19. The van der Waals surface area contributed by atoms with Crippen LogP contribution in [-0.2, 0) is 16.2 Å². The van der Waals surface area contributed by atoms with Crippen LogP contribution >= 0.6 is 26.6 Å². The van der Waals surface area contributed by atoms with Crippen LogP contribution in [0.15, 0.2) is 72.8 Å². The Bertz CT molecular complexity index is 1290. The lowest BCUT2D eigenvalue weighted by Crippen LogP contribution is -2.67. The Morgan fingerprint density at radius 3 is 0.877 bits per heavy atom. The van der Waals surface area contributed by atoms with E-state index in [1.54, 1.807) is 0 Å². The highest BCUT2D eigenvalue weighted by Crippen LogP contribution is 2.27. The molecule has 318 valence electrons. The van der Waals surface area contributed by atoms with Crippen LogP contribution in [0.5, 0.6) is 0 Å². The molecule has 0 aliphatic heterocycles. The van der Waals surface area contributed by atoms with E-state index >= 15 is 0 Å². The van der Waals surface area contributed by atoms with Crippen molar-refractivity contribution in [3.8, 4) is 0 Å². The smallest absolute Gasteiger partial charge is 0.202 e. The number of quaternary nitrogens is 1. The fourth-order valence-electron chi connectivity index (χ4n) is 8.17. The van der Waals surface area contributed by atoms with Crippen LogP contribution in [0.4, 0.5) is 0 Å². The molecule has 3 unspecified atom stereocenters. The zero-order valence-electron chi connectivity index (χ0n) is 39.9. The minimum absolute atomic E-state index is 0.153. The van der Waals surface area contributed by atoms with Gasteiger partial charge in [0.2, 0.25) is 5.87 Å². The third kappa shape index (κ3) is 18.3. The second-order valence-electron chi connectivity index (χ2n) is 20.1. The normalized spacial score (nSPS) is 12.6. The summed E-state index contributed by atoms with van der Waals surface area (Å²) in [5.74, 6) is 0.523. The van der Waals surface area contributed by atoms with Crippen molar-refractivity contribution in [3.63, 3.8) is 0 Å². The largest absolute Gasteiger partial charge is 0.324 e. The molecule has 0 fully saturated rings. The highest BCUT2D eigenvalue weighted by molar-refractivity contribution is 8.28. The third-order valence-electron chi connectivity index (χ3n) is 12.2. The highest BCUT2D eigenvalue weighted by Gasteiger charge is 2.31. The quantitative estimate of drug-likeness (QED) is 0.0641. The van der Waals surface area contributed by atoms with Gasteiger partial charge in [-0.1, -0.05) is 208 Å². The SMILES string of the molecule is CCCC[B-](c1ccc(C(C)(C)C)cc1)(c1ccc(C(C)(C)C)cc1)c1ccc(C(C)(C)C)cc1.CCCC[N+](CCCC)(CCCC)CCCC.[B]PB(P)P. The van der Waals surface area contributed by atoms with Gasteiger partial charge in [0, 0.05) is 0 Å². The Morgan fingerprint density at radius 1 is 0.474 bits per heavy atom. The Balaban J connectivity index is 0.000000615. The van der Waals surface area contributed by atoms with Crippen LogP contribution in [0.25, 0.3) is 0 Å². The summed E-state index contributed by atoms with van der Waals surface area (Å²) in [4.78, 5) is 0. The van der Waals surface area contributed by atoms with Gasteiger partial charge in [0.25, 0.3) is 0 Å². The Morgan fingerprint density at radius 2 is 0.702 bits per heavy atom. The summed E-state index contributed by atoms with van der Waals surface area (Å²) in [5, 5.41) is 0. The van der Waals surface area contributed by atoms with E-state index in [0.29, 0.717) is 14.2 Å². The molecule has 0 heterocycles. The highest BCUT2D eigenvalue weighted by atomic mass is 31.1. The second-order valence-corrected chi connectivity index (χ2v) is 24.7. The number of hydrogen-bond acceptors (Lipinski definition) is 0. The summed E-state index contributed by atoms with van der Waals surface area (Å²) in [6.45, 7) is 38.0. The average molecular weight is 830 g/mol. The Labute approximate surface area is 364 Å². The molecule has 57 heavy (non-hydrogen) atoms. The van der Waals surface area contributed by atoms with Crippen LogP contribution in [0.3, 0.4) is 0 Å². The van der Waals surface area contributed by atoms with Gasteiger partial charge in [0.1, 0.15) is 0 Å². The van der Waals surface area contributed by atoms with Gasteiger partial charge < -0.3 is 4.48 Å². The van der Waals surface area contributed by atoms with E-state index in [2.05, 4.69) is 188 Å². The molecule has 0 N–H and O–H groups in total. The third-order valence-corrected chi connectivity index (χ3v) is 13.7. The van der Waals surface area contributed by atoms with Crippen molar-refractivity contribution < 1.29 is 4.48 Å². The molecule has 0 aliphatic carbocycles. The number of benzene rings is 3. The maximum atomic E-state index is 5.16. The predicted octanol–water partition coefficient (Wildman–Crippen LogP) is 13.3. The molecule has 0 saturated carbocycles. The van der Waals surface area contributed by atoms with Gasteiger partial charge in [0.15, 0.2) is 0 Å². The summed E-state index contributed by atoms with van der Waals surface area (Å²) >= 11 is 0. The van der Waals surface area contributed by atoms with Gasteiger partial charge in [0.05, 0.1) is 39.9 Å². The maximum Gasteiger partial charge on any atom is 0.202 e. The monoisotopic (exact) mass is 830 g/mol. The molecule has 0 saturated heterocycles. The van der Waals surface area contributed by atoms with Crippen molar-refractivity contribution in [2.45, 2.75) is 184 Å². The summed E-state index contributed by atoms with van der Waals surface area (Å²) in [6.07, 6.45) is 13.6. The van der Waals surface area contributed by atoms with E-state index in [4.69, 9.17) is 7.57 Å². The molecule has 3 aromatic rings. The maximum absolute atomic E-state index is 5.16. The first-order chi connectivity index (χ1) is 26.7. The van der Waals surface area contributed by atoms with Crippen LogP contribution < -0.4 is 16.4 Å². The van der Waals surface area contributed by atoms with Crippen LogP contribution in [0.2, 0.25) is 6.32 Å². The standard InChI is InChI=1S/C34H48B.C16H36N.B2H5P3/c1-11-12-25-35(29-19-13-26(14-20-29)32(2,3)4,30-21-15-27(16-22-30)33(5,6)7)31-23-17-28(18-24-31)34(8,9)10;1-5-9-13-17(14-10-6-2,15-11-7-3)16-12-8-4;1-5-2(3)4/h13-24H,11-12,25H2,1-10H3;5-16H2,1-4H3;5H,3-4H2/q-1;+1;. The lowest BCUT2D eigenvalue weighted by atomic mass is 9.14. The van der Waals surface area contributed by atoms with Crippen molar-refractivity contribution in [2.24, 2.45) is 0 Å². The number of hydrogen-bond donors (Lipinski definition) is 0. The summed E-state index contributed by atoms with van der Waals surface area (Å²) in [5.41, 5.74) is 9.02. The van der Waals surface area contributed by atoms with Crippen molar-refractivity contribution >= 4 is 62.5 Å². The molecule has 0 amide bonds. The molecule has 3 rings (SSSR count). The molecule has 0 spiro atoms. The second kappa shape index (κ2) is 26.4.